The minimum atomic E-state index is -3.46. The normalized spacial score (nSPS) is 11.2. The summed E-state index contributed by atoms with van der Waals surface area (Å²) >= 11 is 11.9. The van der Waals surface area contributed by atoms with Gasteiger partial charge >= 0.3 is 0 Å². The topological polar surface area (TPSA) is 66.5 Å². The smallest absolute Gasteiger partial charge is 0.232 e. The standard InChI is InChI=1S/C18H20Cl2N2O3S/c1-13-5-8-15(12-17(13)20)21-18(23)4-3-11-22(26(2,24)25)16-9-6-14(19)7-10-16/h5-10,12H,3-4,11H2,1-2H3,(H,21,23). The molecule has 0 aliphatic carbocycles. The maximum Gasteiger partial charge on any atom is 0.232 e. The molecule has 0 saturated heterocycles. The SMILES string of the molecule is Cc1ccc(NC(=O)CCCN(c2ccc(Cl)cc2)S(C)(=O)=O)cc1Cl. The van der Waals surface area contributed by atoms with Gasteiger partial charge in [-0.3, -0.25) is 9.10 Å². The van der Waals surface area contributed by atoms with E-state index in [9.17, 15) is 13.2 Å². The highest BCUT2D eigenvalue weighted by molar-refractivity contribution is 7.92. The summed E-state index contributed by atoms with van der Waals surface area (Å²) in [6.07, 6.45) is 1.70. The Balaban J connectivity index is 1.95. The molecular weight excluding hydrogens is 395 g/mol. The van der Waals surface area contributed by atoms with Gasteiger partial charge in [-0.15, -0.1) is 0 Å². The summed E-state index contributed by atoms with van der Waals surface area (Å²) in [5.41, 5.74) is 2.06. The van der Waals surface area contributed by atoms with Crippen molar-refractivity contribution in [1.82, 2.24) is 0 Å². The van der Waals surface area contributed by atoms with Crippen LogP contribution in [-0.2, 0) is 14.8 Å². The van der Waals surface area contributed by atoms with Crippen molar-refractivity contribution in [3.63, 3.8) is 0 Å². The van der Waals surface area contributed by atoms with E-state index in [4.69, 9.17) is 23.2 Å². The lowest BCUT2D eigenvalue weighted by molar-refractivity contribution is -0.116. The van der Waals surface area contributed by atoms with Gasteiger partial charge in [-0.1, -0.05) is 29.3 Å². The fourth-order valence-electron chi connectivity index (χ4n) is 2.37. The fraction of sp³-hybridized carbons (Fsp3) is 0.278. The van der Waals surface area contributed by atoms with Crippen molar-refractivity contribution < 1.29 is 13.2 Å². The predicted molar refractivity (Wildman–Crippen MR) is 108 cm³/mol. The highest BCUT2D eigenvalue weighted by atomic mass is 35.5. The number of hydrogen-bond acceptors (Lipinski definition) is 3. The van der Waals surface area contributed by atoms with E-state index in [1.807, 2.05) is 13.0 Å². The van der Waals surface area contributed by atoms with Crippen molar-refractivity contribution in [2.24, 2.45) is 0 Å². The molecule has 0 heterocycles. The molecule has 0 aliphatic heterocycles. The maximum atomic E-state index is 12.1. The van der Waals surface area contributed by atoms with E-state index >= 15 is 0 Å². The number of nitrogens with one attached hydrogen (secondary N) is 1. The molecule has 0 aliphatic rings. The monoisotopic (exact) mass is 414 g/mol. The molecule has 0 atom stereocenters. The van der Waals surface area contributed by atoms with Gasteiger partial charge in [0, 0.05) is 28.7 Å². The Morgan fingerprint density at radius 2 is 1.77 bits per heavy atom. The summed E-state index contributed by atoms with van der Waals surface area (Å²) in [6, 6.07) is 11.8. The third kappa shape index (κ3) is 5.90. The van der Waals surface area contributed by atoms with Crippen LogP contribution >= 0.6 is 23.2 Å². The highest BCUT2D eigenvalue weighted by Crippen LogP contribution is 2.22. The molecular formula is C18H20Cl2N2O3S. The fourth-order valence-corrected chi connectivity index (χ4v) is 3.64. The van der Waals surface area contributed by atoms with Gasteiger partial charge < -0.3 is 5.32 Å². The third-order valence-corrected chi connectivity index (χ3v) is 5.59. The van der Waals surface area contributed by atoms with Crippen LogP contribution in [0.25, 0.3) is 0 Å². The average molecular weight is 415 g/mol. The molecule has 0 fully saturated rings. The van der Waals surface area contributed by atoms with Gasteiger partial charge in [-0.25, -0.2) is 8.42 Å². The molecule has 0 saturated carbocycles. The summed E-state index contributed by atoms with van der Waals surface area (Å²) in [7, 11) is -3.46. The number of carbonyl (C=O) groups is 1. The van der Waals surface area contributed by atoms with Crippen molar-refractivity contribution in [2.45, 2.75) is 19.8 Å². The molecule has 2 aromatic carbocycles. The van der Waals surface area contributed by atoms with Crippen LogP contribution in [0.2, 0.25) is 10.0 Å². The zero-order chi connectivity index (χ0) is 19.3. The van der Waals surface area contributed by atoms with Crippen LogP contribution in [0.15, 0.2) is 42.5 Å². The minimum Gasteiger partial charge on any atom is -0.326 e. The van der Waals surface area contributed by atoms with Crippen LogP contribution in [-0.4, -0.2) is 27.1 Å². The van der Waals surface area contributed by atoms with Crippen molar-refractivity contribution in [1.29, 1.82) is 0 Å². The third-order valence-electron chi connectivity index (χ3n) is 3.74. The van der Waals surface area contributed by atoms with Crippen LogP contribution in [0.3, 0.4) is 0 Å². The lowest BCUT2D eigenvalue weighted by Gasteiger charge is -2.22. The van der Waals surface area contributed by atoms with Gasteiger partial charge in [-0.2, -0.15) is 0 Å². The average Bonchev–Trinajstić information content (AvgIpc) is 2.55. The largest absolute Gasteiger partial charge is 0.326 e. The molecule has 0 unspecified atom stereocenters. The zero-order valence-electron chi connectivity index (χ0n) is 14.5. The Morgan fingerprint density at radius 3 is 2.35 bits per heavy atom. The van der Waals surface area contributed by atoms with Crippen LogP contribution in [0.5, 0.6) is 0 Å². The zero-order valence-corrected chi connectivity index (χ0v) is 16.8. The summed E-state index contributed by atoms with van der Waals surface area (Å²) in [4.78, 5) is 12.1. The van der Waals surface area contributed by atoms with Crippen molar-refractivity contribution in [2.75, 3.05) is 22.4 Å². The Bertz CT molecular complexity index is 884. The number of amides is 1. The molecule has 1 amide bonds. The molecule has 0 radical (unpaired) electrons. The quantitative estimate of drug-likeness (QED) is 0.725. The first-order valence-corrected chi connectivity index (χ1v) is 10.6. The molecule has 2 rings (SSSR count). The number of sulfonamides is 1. The molecule has 2 aromatic rings. The summed E-state index contributed by atoms with van der Waals surface area (Å²) in [5, 5.41) is 3.86. The molecule has 0 spiro atoms. The van der Waals surface area contributed by atoms with Crippen LogP contribution < -0.4 is 9.62 Å². The summed E-state index contributed by atoms with van der Waals surface area (Å²) in [6.45, 7) is 2.08. The number of rotatable bonds is 7. The number of aryl methyl sites for hydroxylation is 1. The lowest BCUT2D eigenvalue weighted by atomic mass is 10.2. The number of hydrogen-bond donors (Lipinski definition) is 1. The molecule has 5 nitrogen and oxygen atoms in total. The molecule has 0 aromatic heterocycles. The highest BCUT2D eigenvalue weighted by Gasteiger charge is 2.17. The van der Waals surface area contributed by atoms with Gasteiger partial charge in [0.1, 0.15) is 0 Å². The molecule has 140 valence electrons. The van der Waals surface area contributed by atoms with Gasteiger partial charge in [-0.05, 0) is 55.3 Å². The number of benzene rings is 2. The summed E-state index contributed by atoms with van der Waals surface area (Å²) in [5.74, 6) is -0.200. The van der Waals surface area contributed by atoms with Gasteiger partial charge in [0.2, 0.25) is 15.9 Å². The van der Waals surface area contributed by atoms with Gasteiger partial charge in [0.05, 0.1) is 11.9 Å². The Morgan fingerprint density at radius 1 is 1.12 bits per heavy atom. The van der Waals surface area contributed by atoms with Crippen molar-refractivity contribution >= 4 is 50.5 Å². The maximum absolute atomic E-state index is 12.1. The van der Waals surface area contributed by atoms with E-state index in [2.05, 4.69) is 5.32 Å². The number of carbonyl (C=O) groups excluding carboxylic acids is 1. The Kier molecular flexibility index (Phi) is 6.92. The van der Waals surface area contributed by atoms with E-state index < -0.39 is 10.0 Å². The van der Waals surface area contributed by atoms with E-state index in [-0.39, 0.29) is 18.9 Å². The molecule has 26 heavy (non-hydrogen) atoms. The van der Waals surface area contributed by atoms with Gasteiger partial charge in [0.15, 0.2) is 0 Å². The number of nitrogens with zero attached hydrogens (tertiary/aromatic N) is 1. The first-order chi connectivity index (χ1) is 12.2. The van der Waals surface area contributed by atoms with E-state index in [0.717, 1.165) is 11.8 Å². The van der Waals surface area contributed by atoms with E-state index in [1.54, 1.807) is 36.4 Å². The molecule has 1 N–H and O–H groups in total. The van der Waals surface area contributed by atoms with Crippen LogP contribution in [0, 0.1) is 6.92 Å². The molecule has 8 heteroatoms. The Hall–Kier alpha value is -1.76. The van der Waals surface area contributed by atoms with Crippen LogP contribution in [0.4, 0.5) is 11.4 Å². The van der Waals surface area contributed by atoms with E-state index in [0.29, 0.717) is 27.8 Å². The molecule has 0 bridgehead atoms. The Labute approximate surface area is 164 Å². The lowest BCUT2D eigenvalue weighted by Crippen LogP contribution is -2.31. The number of anilines is 2. The first kappa shape index (κ1) is 20.6. The van der Waals surface area contributed by atoms with Crippen molar-refractivity contribution in [3.05, 3.63) is 58.1 Å². The second kappa shape index (κ2) is 8.75. The second-order valence-electron chi connectivity index (χ2n) is 5.93. The minimum absolute atomic E-state index is 0.186. The van der Waals surface area contributed by atoms with Crippen LogP contribution in [0.1, 0.15) is 18.4 Å². The van der Waals surface area contributed by atoms with Crippen molar-refractivity contribution in [3.8, 4) is 0 Å². The first-order valence-electron chi connectivity index (χ1n) is 7.96. The summed E-state index contributed by atoms with van der Waals surface area (Å²) < 4.78 is 25.3. The van der Waals surface area contributed by atoms with E-state index in [1.165, 1.54) is 4.31 Å². The van der Waals surface area contributed by atoms with Gasteiger partial charge in [0.25, 0.3) is 0 Å². The second-order valence-corrected chi connectivity index (χ2v) is 8.68. The number of halogens is 2. The predicted octanol–water partition coefficient (Wildman–Crippen LogP) is 4.49.